The van der Waals surface area contributed by atoms with Crippen molar-refractivity contribution in [3.8, 4) is 11.5 Å². The molecule has 0 bridgehead atoms. The van der Waals surface area contributed by atoms with E-state index >= 15 is 0 Å². The largest absolute Gasteiger partial charge is 0.486 e. The Morgan fingerprint density at radius 2 is 1.86 bits per heavy atom. The molecule has 2 aliphatic heterocycles. The van der Waals surface area contributed by atoms with Crippen molar-refractivity contribution >= 4 is 11.6 Å². The molecule has 1 saturated heterocycles. The monoisotopic (exact) mass is 293 g/mol. The molecule has 1 amide bonds. The highest BCUT2D eigenvalue weighted by Gasteiger charge is 2.22. The van der Waals surface area contributed by atoms with Crippen molar-refractivity contribution in [3.05, 3.63) is 18.2 Å². The molecule has 0 atom stereocenters. The zero-order valence-electron chi connectivity index (χ0n) is 12.4. The third-order valence-corrected chi connectivity index (χ3v) is 4.05. The third kappa shape index (κ3) is 3.65. The number of likely N-dealkylation sites (N-methyl/N-ethyl adjacent to an activating group) is 1. The first-order valence-electron chi connectivity index (χ1n) is 7.55. The molecule has 0 radical (unpaired) electrons. The molecule has 6 nitrogen and oxygen atoms in total. The number of hydrogen-bond donors (Lipinski definition) is 3. The van der Waals surface area contributed by atoms with Gasteiger partial charge in [-0.05, 0) is 12.1 Å². The third-order valence-electron chi connectivity index (χ3n) is 4.05. The van der Waals surface area contributed by atoms with E-state index in [2.05, 4.69) is 12.4 Å². The number of quaternary nitrogens is 2. The molecule has 0 saturated carbocycles. The van der Waals surface area contributed by atoms with Crippen molar-refractivity contribution in [1.29, 1.82) is 0 Å². The summed E-state index contributed by atoms with van der Waals surface area (Å²) >= 11 is 0. The van der Waals surface area contributed by atoms with Gasteiger partial charge in [-0.2, -0.15) is 0 Å². The van der Waals surface area contributed by atoms with Gasteiger partial charge in [0.2, 0.25) is 0 Å². The van der Waals surface area contributed by atoms with E-state index < -0.39 is 0 Å². The minimum Gasteiger partial charge on any atom is -0.486 e. The molecule has 0 aromatic heterocycles. The fourth-order valence-electron chi connectivity index (χ4n) is 2.76. The number of nitrogens with one attached hydrogen (secondary N) is 3. The van der Waals surface area contributed by atoms with Gasteiger partial charge in [0.05, 0.1) is 7.05 Å². The van der Waals surface area contributed by atoms with Crippen LogP contribution in [0.15, 0.2) is 18.2 Å². The molecule has 0 aliphatic carbocycles. The lowest BCUT2D eigenvalue weighted by atomic mass is 10.2. The number of carbonyl (C=O) groups excluding carboxylic acids is 1. The van der Waals surface area contributed by atoms with Crippen LogP contribution < -0.4 is 24.6 Å². The molecular formula is C15H23N3O3+2. The maximum atomic E-state index is 12.1. The van der Waals surface area contributed by atoms with Gasteiger partial charge in [0, 0.05) is 11.8 Å². The molecule has 0 unspecified atom stereocenters. The summed E-state index contributed by atoms with van der Waals surface area (Å²) in [6.45, 7) is 6.04. The Kier molecular flexibility index (Phi) is 4.26. The Balaban J connectivity index is 1.55. The van der Waals surface area contributed by atoms with Crippen LogP contribution in [-0.4, -0.2) is 58.9 Å². The number of amides is 1. The van der Waals surface area contributed by atoms with Crippen molar-refractivity contribution in [2.75, 3.05) is 58.3 Å². The molecule has 1 aromatic rings. The van der Waals surface area contributed by atoms with Gasteiger partial charge in [-0.3, -0.25) is 4.79 Å². The zero-order chi connectivity index (χ0) is 14.7. The molecule has 3 rings (SSSR count). The van der Waals surface area contributed by atoms with Crippen molar-refractivity contribution in [2.45, 2.75) is 0 Å². The lowest BCUT2D eigenvalue weighted by Gasteiger charge is -2.26. The van der Waals surface area contributed by atoms with Crippen LogP contribution in [0.4, 0.5) is 5.69 Å². The highest BCUT2D eigenvalue weighted by atomic mass is 16.6. The van der Waals surface area contributed by atoms with E-state index in [1.54, 1.807) is 4.90 Å². The number of ether oxygens (including phenoxy) is 2. The van der Waals surface area contributed by atoms with Gasteiger partial charge >= 0.3 is 0 Å². The summed E-state index contributed by atoms with van der Waals surface area (Å²) in [7, 11) is 2.20. The number of anilines is 1. The van der Waals surface area contributed by atoms with Crippen molar-refractivity contribution < 1.29 is 24.1 Å². The fourth-order valence-corrected chi connectivity index (χ4v) is 2.76. The molecule has 114 valence electrons. The minimum absolute atomic E-state index is 0.0567. The number of fused-ring (bicyclic) bond motifs is 1. The highest BCUT2D eigenvalue weighted by Crippen LogP contribution is 2.32. The summed E-state index contributed by atoms with van der Waals surface area (Å²) in [5.41, 5.74) is 0.767. The Labute approximate surface area is 124 Å². The van der Waals surface area contributed by atoms with Gasteiger partial charge < -0.3 is 24.6 Å². The second-order valence-electron chi connectivity index (χ2n) is 5.79. The first kappa shape index (κ1) is 14.2. The van der Waals surface area contributed by atoms with Gasteiger partial charge in [-0.15, -0.1) is 0 Å². The molecule has 21 heavy (non-hydrogen) atoms. The molecule has 1 fully saturated rings. The van der Waals surface area contributed by atoms with Crippen LogP contribution in [0.3, 0.4) is 0 Å². The summed E-state index contributed by atoms with van der Waals surface area (Å²) in [6.07, 6.45) is 0. The number of benzene rings is 1. The maximum Gasteiger partial charge on any atom is 0.279 e. The maximum absolute atomic E-state index is 12.1. The van der Waals surface area contributed by atoms with Gasteiger partial charge in [0.15, 0.2) is 18.0 Å². The molecule has 3 N–H and O–H groups in total. The van der Waals surface area contributed by atoms with Gasteiger partial charge in [-0.25, -0.2) is 0 Å². The average molecular weight is 293 g/mol. The van der Waals surface area contributed by atoms with Crippen molar-refractivity contribution in [3.63, 3.8) is 0 Å². The predicted octanol–water partition coefficient (Wildman–Crippen LogP) is -2.19. The molecule has 1 aromatic carbocycles. The summed E-state index contributed by atoms with van der Waals surface area (Å²) in [5.74, 6) is 1.50. The summed E-state index contributed by atoms with van der Waals surface area (Å²) in [5, 5.41) is 2.95. The van der Waals surface area contributed by atoms with Crippen LogP contribution in [-0.2, 0) is 4.79 Å². The quantitative estimate of drug-likeness (QED) is 0.593. The SMILES string of the molecule is C[NH+]1CC[NH+](CC(=O)Nc2ccc3c(c2)OCCO3)CC1. The van der Waals surface area contributed by atoms with Crippen LogP contribution in [0.2, 0.25) is 0 Å². The van der Waals surface area contributed by atoms with Crippen LogP contribution in [0.25, 0.3) is 0 Å². The Bertz CT molecular complexity index is 513. The topological polar surface area (TPSA) is 56.4 Å². The Morgan fingerprint density at radius 1 is 1.14 bits per heavy atom. The standard InChI is InChI=1S/C15H21N3O3/c1-17-4-6-18(7-5-17)11-15(19)16-12-2-3-13-14(10-12)21-9-8-20-13/h2-3,10H,4-9,11H2,1H3,(H,16,19)/p+2. The molecule has 2 heterocycles. The van der Waals surface area contributed by atoms with Gasteiger partial charge in [0.1, 0.15) is 39.4 Å². The van der Waals surface area contributed by atoms with Crippen LogP contribution in [0.1, 0.15) is 0 Å². The van der Waals surface area contributed by atoms with Gasteiger partial charge in [0.25, 0.3) is 5.91 Å². The Morgan fingerprint density at radius 3 is 2.62 bits per heavy atom. The van der Waals surface area contributed by atoms with E-state index in [1.807, 2.05) is 18.2 Å². The van der Waals surface area contributed by atoms with E-state index in [4.69, 9.17) is 9.47 Å². The highest BCUT2D eigenvalue weighted by molar-refractivity contribution is 5.91. The van der Waals surface area contributed by atoms with Gasteiger partial charge in [-0.1, -0.05) is 0 Å². The smallest absolute Gasteiger partial charge is 0.279 e. The summed E-state index contributed by atoms with van der Waals surface area (Å²) < 4.78 is 11.0. The number of piperazine rings is 1. The van der Waals surface area contributed by atoms with E-state index in [-0.39, 0.29) is 5.91 Å². The minimum atomic E-state index is 0.0567. The summed E-state index contributed by atoms with van der Waals surface area (Å²) in [6, 6.07) is 5.53. The molecule has 0 spiro atoms. The predicted molar refractivity (Wildman–Crippen MR) is 78.2 cm³/mol. The molecular weight excluding hydrogens is 270 g/mol. The Hall–Kier alpha value is -1.79. The zero-order valence-corrected chi connectivity index (χ0v) is 12.4. The summed E-state index contributed by atoms with van der Waals surface area (Å²) in [4.78, 5) is 15.0. The van der Waals surface area contributed by atoms with E-state index in [0.29, 0.717) is 25.5 Å². The van der Waals surface area contributed by atoms with E-state index in [0.717, 1.165) is 37.6 Å². The van der Waals surface area contributed by atoms with E-state index in [9.17, 15) is 4.79 Å². The van der Waals surface area contributed by atoms with Crippen LogP contribution in [0.5, 0.6) is 11.5 Å². The first-order chi connectivity index (χ1) is 10.2. The van der Waals surface area contributed by atoms with Crippen LogP contribution >= 0.6 is 0 Å². The lowest BCUT2D eigenvalue weighted by molar-refractivity contribution is -0.999. The van der Waals surface area contributed by atoms with E-state index in [1.165, 1.54) is 4.90 Å². The van der Waals surface area contributed by atoms with Crippen molar-refractivity contribution in [1.82, 2.24) is 0 Å². The number of rotatable bonds is 3. The average Bonchev–Trinajstić information content (AvgIpc) is 2.49. The van der Waals surface area contributed by atoms with Crippen LogP contribution in [0, 0.1) is 0 Å². The molecule has 6 heteroatoms. The fraction of sp³-hybridized carbons (Fsp3) is 0.533. The van der Waals surface area contributed by atoms with Crippen molar-refractivity contribution in [2.24, 2.45) is 0 Å². The second kappa shape index (κ2) is 6.32. The molecule has 2 aliphatic rings. The second-order valence-corrected chi connectivity index (χ2v) is 5.79. The normalized spacial score (nSPS) is 24.4. The number of carbonyl (C=O) groups is 1. The first-order valence-corrected chi connectivity index (χ1v) is 7.55. The lowest BCUT2D eigenvalue weighted by Crippen LogP contribution is -3.27. The number of hydrogen-bond acceptors (Lipinski definition) is 3.